The third kappa shape index (κ3) is 4.34. The largest absolute Gasteiger partial charge is 0.368 e. The molecule has 0 bridgehead atoms. The van der Waals surface area contributed by atoms with Gasteiger partial charge in [0, 0.05) is 73.2 Å². The van der Waals surface area contributed by atoms with Gasteiger partial charge in [0.2, 0.25) is 5.95 Å². The summed E-state index contributed by atoms with van der Waals surface area (Å²) < 4.78 is 2.08. The second kappa shape index (κ2) is 9.31. The molecular weight excluding hydrogens is 456 g/mol. The van der Waals surface area contributed by atoms with Gasteiger partial charge in [0.15, 0.2) is 0 Å². The van der Waals surface area contributed by atoms with Crippen LogP contribution in [-0.2, 0) is 7.05 Å². The van der Waals surface area contributed by atoms with Crippen LogP contribution in [0.25, 0.3) is 33.2 Å². The Morgan fingerprint density at radius 2 is 1.86 bits per heavy atom. The molecule has 10 nitrogen and oxygen atoms in total. The van der Waals surface area contributed by atoms with Crippen molar-refractivity contribution in [2.75, 3.05) is 44.4 Å². The summed E-state index contributed by atoms with van der Waals surface area (Å²) in [6.07, 6.45) is 3.90. The zero-order valence-electron chi connectivity index (χ0n) is 20.7. The number of rotatable bonds is 8. The topological polar surface area (TPSA) is 108 Å². The van der Waals surface area contributed by atoms with Crippen LogP contribution in [0, 0.1) is 10.1 Å². The van der Waals surface area contributed by atoms with Crippen molar-refractivity contribution in [2.24, 2.45) is 7.05 Å². The Kier molecular flexibility index (Phi) is 6.03. The number of nitro benzene ring substituents is 1. The van der Waals surface area contributed by atoms with Crippen LogP contribution in [0.4, 0.5) is 23.0 Å². The molecular formula is C26H28N8O2. The smallest absolute Gasteiger partial charge is 0.294 e. The number of anilines is 3. The standard InChI is InChI=1S/C26H28N8O2/c1-31(2)13-14-32(3)22-10-9-17(15-23(22)34(35)36)28-26-29-24(19-11-12-27-25(19)30-26)20-16-33(4)21-8-6-5-7-18(20)21/h5-12,15-16H,13-14H2,1-4H3,(H2,27,28,29,30). The van der Waals surface area contributed by atoms with Crippen molar-refractivity contribution < 1.29 is 4.92 Å². The Balaban J connectivity index is 1.53. The van der Waals surface area contributed by atoms with Crippen molar-refractivity contribution in [1.82, 2.24) is 24.4 Å². The first-order valence-corrected chi connectivity index (χ1v) is 11.6. The number of aromatic amines is 1. The minimum Gasteiger partial charge on any atom is -0.368 e. The minimum atomic E-state index is -0.358. The summed E-state index contributed by atoms with van der Waals surface area (Å²) in [4.78, 5) is 28.1. The van der Waals surface area contributed by atoms with E-state index < -0.39 is 0 Å². The molecule has 0 fully saturated rings. The highest BCUT2D eigenvalue weighted by Crippen LogP contribution is 2.35. The molecule has 5 aromatic rings. The summed E-state index contributed by atoms with van der Waals surface area (Å²) in [5, 5.41) is 17.1. The average molecular weight is 485 g/mol. The van der Waals surface area contributed by atoms with E-state index in [9.17, 15) is 10.1 Å². The number of para-hydroxylation sites is 1. The monoisotopic (exact) mass is 484 g/mol. The summed E-state index contributed by atoms with van der Waals surface area (Å²) in [6.45, 7) is 1.45. The predicted molar refractivity (Wildman–Crippen MR) is 144 cm³/mol. The van der Waals surface area contributed by atoms with Gasteiger partial charge in [0.05, 0.1) is 10.6 Å². The lowest BCUT2D eigenvalue weighted by Crippen LogP contribution is -2.28. The molecule has 0 saturated heterocycles. The highest BCUT2D eigenvalue weighted by molar-refractivity contribution is 6.02. The number of hydrogen-bond acceptors (Lipinski definition) is 7. The first-order chi connectivity index (χ1) is 17.3. The van der Waals surface area contributed by atoms with E-state index in [2.05, 4.69) is 38.2 Å². The van der Waals surface area contributed by atoms with Gasteiger partial charge in [-0.25, -0.2) is 4.98 Å². The molecule has 0 amide bonds. The van der Waals surface area contributed by atoms with Crippen LogP contribution in [-0.4, -0.2) is 63.6 Å². The maximum absolute atomic E-state index is 11.9. The number of nitrogens with zero attached hydrogens (tertiary/aromatic N) is 6. The van der Waals surface area contributed by atoms with Gasteiger partial charge in [0.25, 0.3) is 5.69 Å². The zero-order chi connectivity index (χ0) is 25.4. The lowest BCUT2D eigenvalue weighted by atomic mass is 10.1. The fourth-order valence-corrected chi connectivity index (χ4v) is 4.40. The number of H-pyrrole nitrogens is 1. The van der Waals surface area contributed by atoms with E-state index in [0.717, 1.165) is 34.1 Å². The fourth-order valence-electron chi connectivity index (χ4n) is 4.40. The average Bonchev–Trinajstić information content (AvgIpc) is 3.46. The number of fused-ring (bicyclic) bond motifs is 2. The molecule has 0 atom stereocenters. The number of nitrogens with one attached hydrogen (secondary N) is 2. The molecule has 36 heavy (non-hydrogen) atoms. The Bertz CT molecular complexity index is 1570. The van der Waals surface area contributed by atoms with Crippen LogP contribution in [0.2, 0.25) is 0 Å². The van der Waals surface area contributed by atoms with Crippen molar-refractivity contribution in [3.8, 4) is 11.3 Å². The van der Waals surface area contributed by atoms with Crippen molar-refractivity contribution in [2.45, 2.75) is 0 Å². The minimum absolute atomic E-state index is 0.0245. The van der Waals surface area contributed by atoms with Crippen molar-refractivity contribution in [1.29, 1.82) is 0 Å². The lowest BCUT2D eigenvalue weighted by Gasteiger charge is -2.21. The number of benzene rings is 2. The molecule has 0 spiro atoms. The summed E-state index contributed by atoms with van der Waals surface area (Å²) >= 11 is 0. The van der Waals surface area contributed by atoms with Crippen LogP contribution in [0.1, 0.15) is 0 Å². The van der Waals surface area contributed by atoms with Gasteiger partial charge in [0.1, 0.15) is 11.3 Å². The van der Waals surface area contributed by atoms with E-state index in [1.807, 2.05) is 68.5 Å². The molecule has 0 aliphatic heterocycles. The van der Waals surface area contributed by atoms with Gasteiger partial charge in [-0.15, -0.1) is 0 Å². The molecule has 0 radical (unpaired) electrons. The molecule has 0 aliphatic rings. The number of nitro groups is 1. The molecule has 0 saturated carbocycles. The number of aromatic nitrogens is 4. The summed E-state index contributed by atoms with van der Waals surface area (Å²) in [5.74, 6) is 0.357. The molecule has 3 heterocycles. The molecule has 3 aromatic heterocycles. The molecule has 0 aliphatic carbocycles. The molecule has 2 N–H and O–H groups in total. The lowest BCUT2D eigenvalue weighted by molar-refractivity contribution is -0.384. The van der Waals surface area contributed by atoms with Crippen LogP contribution in [0.3, 0.4) is 0 Å². The van der Waals surface area contributed by atoms with Crippen molar-refractivity contribution >= 4 is 44.9 Å². The van der Waals surface area contributed by atoms with E-state index in [0.29, 0.717) is 29.5 Å². The number of hydrogen-bond donors (Lipinski definition) is 2. The molecule has 184 valence electrons. The van der Waals surface area contributed by atoms with Crippen LogP contribution >= 0.6 is 0 Å². The third-order valence-corrected chi connectivity index (χ3v) is 6.29. The van der Waals surface area contributed by atoms with Gasteiger partial charge in [-0.1, -0.05) is 18.2 Å². The fraction of sp³-hybridized carbons (Fsp3) is 0.231. The van der Waals surface area contributed by atoms with Gasteiger partial charge < -0.3 is 24.7 Å². The third-order valence-electron chi connectivity index (χ3n) is 6.29. The number of likely N-dealkylation sites (N-methyl/N-ethyl adjacent to an activating group) is 2. The highest BCUT2D eigenvalue weighted by Gasteiger charge is 2.20. The van der Waals surface area contributed by atoms with E-state index in [1.165, 1.54) is 6.07 Å². The van der Waals surface area contributed by atoms with Gasteiger partial charge in [-0.05, 0) is 38.4 Å². The first kappa shape index (κ1) is 23.3. The Morgan fingerprint density at radius 3 is 2.64 bits per heavy atom. The van der Waals surface area contributed by atoms with E-state index in [4.69, 9.17) is 4.98 Å². The van der Waals surface area contributed by atoms with Crippen LogP contribution in [0.15, 0.2) is 60.9 Å². The van der Waals surface area contributed by atoms with E-state index in [1.54, 1.807) is 6.07 Å². The second-order valence-electron chi connectivity index (χ2n) is 9.12. The molecule has 5 rings (SSSR count). The van der Waals surface area contributed by atoms with Crippen molar-refractivity contribution in [3.63, 3.8) is 0 Å². The SMILES string of the molecule is CN(C)CCN(C)c1ccc(Nc2nc(-c3cn(C)c4ccccc34)c3cc[nH]c3n2)cc1[N+](=O)[O-]. The van der Waals surface area contributed by atoms with Crippen molar-refractivity contribution in [3.05, 3.63) is 71.0 Å². The summed E-state index contributed by atoms with van der Waals surface area (Å²) in [7, 11) is 7.82. The van der Waals surface area contributed by atoms with Gasteiger partial charge in [-0.2, -0.15) is 4.98 Å². The maximum atomic E-state index is 11.9. The first-order valence-electron chi connectivity index (χ1n) is 11.6. The second-order valence-corrected chi connectivity index (χ2v) is 9.12. The quantitative estimate of drug-likeness (QED) is 0.241. The molecule has 0 unspecified atom stereocenters. The Morgan fingerprint density at radius 1 is 1.06 bits per heavy atom. The molecule has 10 heteroatoms. The Labute approximate surface area is 208 Å². The van der Waals surface area contributed by atoms with Gasteiger partial charge in [-0.3, -0.25) is 10.1 Å². The summed E-state index contributed by atoms with van der Waals surface area (Å²) in [6, 6.07) is 15.2. The maximum Gasteiger partial charge on any atom is 0.294 e. The molecule has 2 aromatic carbocycles. The van der Waals surface area contributed by atoms with E-state index in [-0.39, 0.29) is 10.6 Å². The normalized spacial score (nSPS) is 11.5. The predicted octanol–water partition coefficient (Wildman–Crippen LogP) is 4.77. The Hall–Kier alpha value is -4.44. The highest BCUT2D eigenvalue weighted by atomic mass is 16.6. The summed E-state index contributed by atoms with van der Waals surface area (Å²) in [5.41, 5.74) is 4.70. The van der Waals surface area contributed by atoms with Gasteiger partial charge >= 0.3 is 0 Å². The van der Waals surface area contributed by atoms with E-state index >= 15 is 0 Å². The van der Waals surface area contributed by atoms with Crippen LogP contribution in [0.5, 0.6) is 0 Å². The zero-order valence-corrected chi connectivity index (χ0v) is 20.7. The number of aryl methyl sites for hydroxylation is 1. The van der Waals surface area contributed by atoms with Crippen LogP contribution < -0.4 is 10.2 Å².